The van der Waals surface area contributed by atoms with Crippen molar-refractivity contribution in [1.82, 2.24) is 26.6 Å². The zero-order valence-electron chi connectivity index (χ0n) is 19.9. The first kappa shape index (κ1) is 31.3. The summed E-state index contributed by atoms with van der Waals surface area (Å²) in [6, 6.07) is -4.82. The van der Waals surface area contributed by atoms with E-state index in [9.17, 15) is 29.4 Å². The molecule has 0 radical (unpaired) electrons. The minimum Gasteiger partial charge on any atom is -0.480 e. The van der Waals surface area contributed by atoms with Gasteiger partial charge in [-0.1, -0.05) is 0 Å². The molecule has 35 heavy (non-hydrogen) atoms. The Balaban J connectivity index is 4.83. The van der Waals surface area contributed by atoms with E-state index >= 15 is 0 Å². The number of hydrogen-bond acceptors (Lipinski definition) is 8. The smallest absolute Gasteiger partial charge is 0.326 e. The number of aliphatic hydroxyl groups is 1. The van der Waals surface area contributed by atoms with Crippen LogP contribution in [0.5, 0.6) is 0 Å². The molecule has 200 valence electrons. The molecule has 5 atom stereocenters. The fraction of sp³-hybridized carbons (Fsp3) is 0.684. The van der Waals surface area contributed by atoms with E-state index in [0.29, 0.717) is 19.4 Å². The molecule has 0 aliphatic heterocycles. The quantitative estimate of drug-likeness (QED) is 0.0545. The third-order valence-corrected chi connectivity index (χ3v) is 4.76. The van der Waals surface area contributed by atoms with Crippen molar-refractivity contribution in [1.29, 1.82) is 10.8 Å². The molecule has 0 aromatic carbocycles. The van der Waals surface area contributed by atoms with Crippen molar-refractivity contribution in [2.45, 2.75) is 69.8 Å². The van der Waals surface area contributed by atoms with E-state index in [0.717, 1.165) is 0 Å². The molecule has 0 spiro atoms. The van der Waals surface area contributed by atoms with Crippen molar-refractivity contribution < 1.29 is 29.4 Å². The molecule has 0 aliphatic rings. The predicted octanol–water partition coefficient (Wildman–Crippen LogP) is -4.22. The second-order valence-corrected chi connectivity index (χ2v) is 7.93. The predicted molar refractivity (Wildman–Crippen MR) is 127 cm³/mol. The number of carboxylic acid groups (broad SMARTS) is 1. The van der Waals surface area contributed by atoms with Gasteiger partial charge in [0.25, 0.3) is 0 Å². The maximum absolute atomic E-state index is 12.6. The molecule has 0 fully saturated rings. The van der Waals surface area contributed by atoms with E-state index in [4.69, 9.17) is 28.0 Å². The Morgan fingerprint density at radius 2 is 1.34 bits per heavy atom. The van der Waals surface area contributed by atoms with Crippen LogP contribution >= 0.6 is 0 Å². The highest BCUT2D eigenvalue weighted by atomic mass is 16.4. The molecule has 0 aromatic rings. The zero-order chi connectivity index (χ0) is 27.1. The number of aliphatic carboxylic acids is 1. The summed E-state index contributed by atoms with van der Waals surface area (Å²) in [4.78, 5) is 48.7. The summed E-state index contributed by atoms with van der Waals surface area (Å²) in [5.41, 5.74) is 16.1. The van der Waals surface area contributed by atoms with Crippen LogP contribution in [0.1, 0.15) is 39.5 Å². The van der Waals surface area contributed by atoms with Gasteiger partial charge in [0.15, 0.2) is 11.9 Å². The van der Waals surface area contributed by atoms with Gasteiger partial charge < -0.3 is 54.0 Å². The van der Waals surface area contributed by atoms with Crippen LogP contribution in [-0.2, 0) is 19.2 Å². The van der Waals surface area contributed by atoms with Gasteiger partial charge >= 0.3 is 5.97 Å². The number of hydrogen-bond donors (Lipinski definition) is 12. The standard InChI is InChI=1S/C19H38N10O6/c1-9(14(31)28-12(17(34)35)6-4-8-26-19(23)24)27-16(33)13(10(2)30)29-15(32)11(20)5-3-7-25-18(21)22/h9-13,30H,3-8,20H2,1-2H3,(H,27,33)(H,28,31)(H,29,32)(H,34,35)(H4,21,22,25)(H4,23,24,26)/t9-,10+,11-,12-,13-/m0/s1. The lowest BCUT2D eigenvalue weighted by molar-refractivity contribution is -0.142. The summed E-state index contributed by atoms with van der Waals surface area (Å²) in [6.45, 7) is 3.16. The normalized spacial score (nSPS) is 14.9. The molecule has 0 saturated heterocycles. The summed E-state index contributed by atoms with van der Waals surface area (Å²) >= 11 is 0. The van der Waals surface area contributed by atoms with Crippen molar-refractivity contribution >= 4 is 35.6 Å². The summed E-state index contributed by atoms with van der Waals surface area (Å²) in [7, 11) is 0. The molecule has 3 amide bonds. The maximum atomic E-state index is 12.6. The minimum atomic E-state index is -1.41. The van der Waals surface area contributed by atoms with Crippen molar-refractivity contribution in [3.8, 4) is 0 Å². The first-order valence-corrected chi connectivity index (χ1v) is 11.0. The van der Waals surface area contributed by atoms with Crippen molar-refractivity contribution in [3.63, 3.8) is 0 Å². The highest BCUT2D eigenvalue weighted by Crippen LogP contribution is 2.01. The summed E-state index contributed by atoms with van der Waals surface area (Å²) in [5, 5.41) is 45.4. The lowest BCUT2D eigenvalue weighted by Gasteiger charge is -2.25. The van der Waals surface area contributed by atoms with Crippen molar-refractivity contribution in [3.05, 3.63) is 0 Å². The van der Waals surface area contributed by atoms with Gasteiger partial charge in [-0.2, -0.15) is 0 Å². The molecule has 0 saturated carbocycles. The molecule has 0 bridgehead atoms. The van der Waals surface area contributed by atoms with Crippen LogP contribution in [0.4, 0.5) is 0 Å². The Bertz CT molecular complexity index is 762. The Kier molecular flexibility index (Phi) is 14.4. The molecule has 0 aromatic heterocycles. The molecule has 0 aliphatic carbocycles. The first-order chi connectivity index (χ1) is 16.3. The van der Waals surface area contributed by atoms with Crippen LogP contribution in [0.3, 0.4) is 0 Å². The number of carbonyl (C=O) groups is 4. The van der Waals surface area contributed by atoms with Crippen molar-refractivity contribution in [2.24, 2.45) is 17.2 Å². The molecule has 0 unspecified atom stereocenters. The number of nitrogens with one attached hydrogen (secondary N) is 7. The fourth-order valence-corrected chi connectivity index (χ4v) is 2.79. The van der Waals surface area contributed by atoms with Gasteiger partial charge in [-0.05, 0) is 39.5 Å². The van der Waals surface area contributed by atoms with E-state index in [1.54, 1.807) is 0 Å². The average Bonchev–Trinajstić information content (AvgIpc) is 2.75. The summed E-state index contributed by atoms with van der Waals surface area (Å²) < 4.78 is 0. The number of amides is 3. The number of rotatable bonds is 16. The third kappa shape index (κ3) is 13.6. The van der Waals surface area contributed by atoms with E-state index in [-0.39, 0.29) is 31.3 Å². The number of guanidine groups is 2. The highest BCUT2D eigenvalue weighted by molar-refractivity contribution is 5.94. The summed E-state index contributed by atoms with van der Waals surface area (Å²) in [6.07, 6.45) is -0.321. The molecule has 0 heterocycles. The molecular formula is C19H38N10O6. The van der Waals surface area contributed by atoms with E-state index in [1.165, 1.54) is 13.8 Å². The number of carboxylic acids is 1. The first-order valence-electron chi connectivity index (χ1n) is 11.0. The Labute approximate surface area is 203 Å². The van der Waals surface area contributed by atoms with Crippen LogP contribution in [0.15, 0.2) is 0 Å². The van der Waals surface area contributed by atoms with Crippen molar-refractivity contribution in [2.75, 3.05) is 13.1 Å². The van der Waals surface area contributed by atoms with Gasteiger partial charge in [-0.3, -0.25) is 25.2 Å². The van der Waals surface area contributed by atoms with Gasteiger partial charge in [-0.25, -0.2) is 4.79 Å². The fourth-order valence-electron chi connectivity index (χ4n) is 2.79. The lowest BCUT2D eigenvalue weighted by Crippen LogP contribution is -2.59. The second-order valence-electron chi connectivity index (χ2n) is 7.93. The van der Waals surface area contributed by atoms with E-state index in [2.05, 4.69) is 26.6 Å². The van der Waals surface area contributed by atoms with Crippen LogP contribution in [0.25, 0.3) is 0 Å². The second kappa shape index (κ2) is 16.0. The minimum absolute atomic E-state index is 0.0498. The molecule has 15 N–H and O–H groups in total. The van der Waals surface area contributed by atoms with Gasteiger partial charge in [0.05, 0.1) is 12.1 Å². The van der Waals surface area contributed by atoms with Gasteiger partial charge in [-0.15, -0.1) is 0 Å². The SMILES string of the molecule is C[C@H](NC(=O)[C@@H](NC(=O)[C@@H](N)CCCNC(=N)N)[C@@H](C)O)C(=O)N[C@@H](CCCNC(=N)N)C(=O)O. The van der Waals surface area contributed by atoms with Crippen LogP contribution in [0, 0.1) is 10.8 Å². The third-order valence-electron chi connectivity index (χ3n) is 4.76. The molecule has 0 rings (SSSR count). The molecular weight excluding hydrogens is 464 g/mol. The van der Waals surface area contributed by atoms with Crippen LogP contribution in [0.2, 0.25) is 0 Å². The van der Waals surface area contributed by atoms with Crippen LogP contribution in [-0.4, -0.2) is 89.2 Å². The number of nitrogens with two attached hydrogens (primary N) is 3. The topological polar surface area (TPSA) is 295 Å². The van der Waals surface area contributed by atoms with Crippen LogP contribution < -0.4 is 43.8 Å². The number of carbonyl (C=O) groups excluding carboxylic acids is 3. The lowest BCUT2D eigenvalue weighted by atomic mass is 10.1. The average molecular weight is 503 g/mol. The Hall–Kier alpha value is -3.66. The number of aliphatic hydroxyl groups excluding tert-OH is 1. The monoisotopic (exact) mass is 502 g/mol. The maximum Gasteiger partial charge on any atom is 0.326 e. The molecule has 16 heteroatoms. The highest BCUT2D eigenvalue weighted by Gasteiger charge is 2.30. The van der Waals surface area contributed by atoms with E-state index < -0.39 is 54.0 Å². The molecule has 16 nitrogen and oxygen atoms in total. The Morgan fingerprint density at radius 3 is 1.80 bits per heavy atom. The Morgan fingerprint density at radius 1 is 0.829 bits per heavy atom. The largest absolute Gasteiger partial charge is 0.480 e. The summed E-state index contributed by atoms with van der Waals surface area (Å²) in [5.74, 6) is -4.10. The van der Waals surface area contributed by atoms with Gasteiger partial charge in [0.2, 0.25) is 17.7 Å². The van der Waals surface area contributed by atoms with E-state index in [1.807, 2.05) is 0 Å². The van der Waals surface area contributed by atoms with Gasteiger partial charge in [0, 0.05) is 13.1 Å². The zero-order valence-corrected chi connectivity index (χ0v) is 19.9. The van der Waals surface area contributed by atoms with Gasteiger partial charge in [0.1, 0.15) is 18.1 Å².